The second-order valence-electron chi connectivity index (χ2n) is 2.97. The molecule has 1 aromatic carbocycles. The fraction of sp³-hybridized carbons (Fsp3) is 0.0909. The molecule has 1 aromatic heterocycles. The molecule has 0 amide bonds. The lowest BCUT2D eigenvalue weighted by atomic mass is 10.3. The number of hydrogen-bond acceptors (Lipinski definition) is 4. The second kappa shape index (κ2) is 4.97. The molecule has 0 N–H and O–H groups in total. The van der Waals surface area contributed by atoms with Crippen molar-refractivity contribution in [2.24, 2.45) is 0 Å². The van der Waals surface area contributed by atoms with Gasteiger partial charge in [-0.05, 0) is 24.3 Å². The van der Waals surface area contributed by atoms with Crippen LogP contribution in [0.15, 0.2) is 30.5 Å². The van der Waals surface area contributed by atoms with Crippen molar-refractivity contribution >= 4 is 22.9 Å². The Bertz CT molecular complexity index is 516. The highest BCUT2D eigenvalue weighted by Gasteiger charge is 2.02. The highest BCUT2D eigenvalue weighted by molar-refractivity contribution is 7.12. The van der Waals surface area contributed by atoms with Crippen LogP contribution in [0.3, 0.4) is 0 Å². The van der Waals surface area contributed by atoms with E-state index in [1.165, 1.54) is 11.3 Å². The van der Waals surface area contributed by atoms with E-state index in [9.17, 15) is 0 Å². The summed E-state index contributed by atoms with van der Waals surface area (Å²) in [5.41, 5.74) is 0. The Kier molecular flexibility index (Phi) is 3.40. The van der Waals surface area contributed by atoms with E-state index in [2.05, 4.69) is 4.98 Å². The largest absolute Gasteiger partial charge is 0.486 e. The van der Waals surface area contributed by atoms with E-state index in [0.717, 1.165) is 10.8 Å². The zero-order chi connectivity index (χ0) is 11.4. The van der Waals surface area contributed by atoms with E-state index in [1.54, 1.807) is 30.5 Å². The molecule has 2 aromatic rings. The summed E-state index contributed by atoms with van der Waals surface area (Å²) < 4.78 is 5.48. The Morgan fingerprint density at radius 1 is 1.38 bits per heavy atom. The lowest BCUT2D eigenvalue weighted by Gasteiger charge is -2.02. The fourth-order valence-corrected chi connectivity index (χ4v) is 1.86. The summed E-state index contributed by atoms with van der Waals surface area (Å²) in [6.45, 7) is 0.369. The number of aromatic nitrogens is 1. The van der Waals surface area contributed by atoms with Crippen LogP contribution in [0.25, 0.3) is 0 Å². The maximum atomic E-state index is 8.63. The van der Waals surface area contributed by atoms with Crippen LogP contribution in [0, 0.1) is 11.3 Å². The SMILES string of the molecule is N#Cc1cnc(COc2ccc(Cl)cc2)s1. The van der Waals surface area contributed by atoms with Crippen molar-refractivity contribution in [3.05, 3.63) is 45.4 Å². The Morgan fingerprint density at radius 3 is 2.75 bits per heavy atom. The van der Waals surface area contributed by atoms with Crippen molar-refractivity contribution in [2.45, 2.75) is 6.61 Å². The lowest BCUT2D eigenvalue weighted by Crippen LogP contribution is -1.93. The molecule has 0 saturated carbocycles. The molecule has 0 aliphatic rings. The third-order valence-corrected chi connectivity index (χ3v) is 2.97. The average Bonchev–Trinajstić information content (AvgIpc) is 2.76. The van der Waals surface area contributed by atoms with E-state index in [4.69, 9.17) is 21.6 Å². The molecule has 0 atom stereocenters. The van der Waals surface area contributed by atoms with Crippen LogP contribution in [-0.2, 0) is 6.61 Å². The van der Waals surface area contributed by atoms with E-state index in [1.807, 2.05) is 6.07 Å². The maximum Gasteiger partial charge on any atom is 0.140 e. The molecule has 5 heteroatoms. The van der Waals surface area contributed by atoms with Gasteiger partial charge in [-0.1, -0.05) is 11.6 Å². The Balaban J connectivity index is 1.97. The second-order valence-corrected chi connectivity index (χ2v) is 4.52. The topological polar surface area (TPSA) is 45.9 Å². The quantitative estimate of drug-likeness (QED) is 0.840. The van der Waals surface area contributed by atoms with Crippen LogP contribution < -0.4 is 4.74 Å². The van der Waals surface area contributed by atoms with Crippen LogP contribution in [-0.4, -0.2) is 4.98 Å². The Labute approximate surface area is 102 Å². The summed E-state index contributed by atoms with van der Waals surface area (Å²) in [5.74, 6) is 0.734. The first-order valence-electron chi connectivity index (χ1n) is 4.51. The van der Waals surface area contributed by atoms with Gasteiger partial charge in [0, 0.05) is 5.02 Å². The van der Waals surface area contributed by atoms with Crippen LogP contribution in [0.4, 0.5) is 0 Å². The van der Waals surface area contributed by atoms with Gasteiger partial charge in [0.2, 0.25) is 0 Å². The van der Waals surface area contributed by atoms with E-state index in [-0.39, 0.29) is 0 Å². The summed E-state index contributed by atoms with van der Waals surface area (Å²) in [7, 11) is 0. The molecule has 0 saturated heterocycles. The van der Waals surface area contributed by atoms with Gasteiger partial charge in [0.1, 0.15) is 28.3 Å². The minimum atomic E-state index is 0.369. The van der Waals surface area contributed by atoms with Gasteiger partial charge < -0.3 is 4.74 Å². The molecule has 0 radical (unpaired) electrons. The van der Waals surface area contributed by atoms with E-state index < -0.39 is 0 Å². The highest BCUT2D eigenvalue weighted by Crippen LogP contribution is 2.18. The molecule has 0 fully saturated rings. The number of rotatable bonds is 3. The zero-order valence-electron chi connectivity index (χ0n) is 8.18. The van der Waals surface area contributed by atoms with Crippen LogP contribution in [0.5, 0.6) is 5.75 Å². The molecule has 0 unspecified atom stereocenters. The van der Waals surface area contributed by atoms with E-state index >= 15 is 0 Å². The minimum absolute atomic E-state index is 0.369. The normalized spacial score (nSPS) is 9.75. The van der Waals surface area contributed by atoms with Crippen LogP contribution in [0.2, 0.25) is 5.02 Å². The van der Waals surface area contributed by atoms with E-state index in [0.29, 0.717) is 16.5 Å². The summed E-state index contributed by atoms with van der Waals surface area (Å²) in [4.78, 5) is 4.66. The van der Waals surface area contributed by atoms with Gasteiger partial charge in [-0.2, -0.15) is 5.26 Å². The summed E-state index contributed by atoms with van der Waals surface area (Å²) >= 11 is 7.08. The van der Waals surface area contributed by atoms with Gasteiger partial charge in [0.05, 0.1) is 6.20 Å². The summed E-state index contributed by atoms with van der Waals surface area (Å²) in [6.07, 6.45) is 1.55. The van der Waals surface area contributed by atoms with Crippen molar-refractivity contribution in [3.63, 3.8) is 0 Å². The number of nitrogens with zero attached hydrogens (tertiary/aromatic N) is 2. The summed E-state index contributed by atoms with van der Waals surface area (Å²) in [6, 6.07) is 9.15. The third-order valence-electron chi connectivity index (χ3n) is 1.84. The Hall–Kier alpha value is -1.57. The first kappa shape index (κ1) is 10.9. The average molecular weight is 251 g/mol. The molecule has 2 rings (SSSR count). The molecule has 0 spiro atoms. The first-order chi connectivity index (χ1) is 7.78. The molecule has 80 valence electrons. The van der Waals surface area contributed by atoms with Crippen LogP contribution >= 0.6 is 22.9 Å². The zero-order valence-corrected chi connectivity index (χ0v) is 9.76. The number of hydrogen-bond donors (Lipinski definition) is 0. The third kappa shape index (κ3) is 2.72. The van der Waals surface area contributed by atoms with Crippen molar-refractivity contribution < 1.29 is 4.74 Å². The molecule has 0 aliphatic carbocycles. The predicted octanol–water partition coefficient (Wildman–Crippen LogP) is 3.25. The molecular formula is C11H7ClN2OS. The number of benzene rings is 1. The van der Waals surface area contributed by atoms with Crippen molar-refractivity contribution in [3.8, 4) is 11.8 Å². The van der Waals surface area contributed by atoms with Crippen LogP contribution in [0.1, 0.15) is 9.88 Å². The van der Waals surface area contributed by atoms with Crippen molar-refractivity contribution in [1.29, 1.82) is 5.26 Å². The molecule has 1 heterocycles. The summed E-state index contributed by atoms with van der Waals surface area (Å²) in [5, 5.41) is 10.1. The van der Waals surface area contributed by atoms with Gasteiger partial charge in [0.25, 0.3) is 0 Å². The number of thiazole rings is 1. The molecular weight excluding hydrogens is 244 g/mol. The predicted molar refractivity (Wildman–Crippen MR) is 62.6 cm³/mol. The van der Waals surface area contributed by atoms with Gasteiger partial charge in [0.15, 0.2) is 0 Å². The van der Waals surface area contributed by atoms with Gasteiger partial charge in [-0.3, -0.25) is 0 Å². The maximum absolute atomic E-state index is 8.63. The van der Waals surface area contributed by atoms with Crippen molar-refractivity contribution in [2.75, 3.05) is 0 Å². The van der Waals surface area contributed by atoms with Gasteiger partial charge in [-0.15, -0.1) is 11.3 Å². The number of ether oxygens (including phenoxy) is 1. The fourth-order valence-electron chi connectivity index (χ4n) is 1.10. The number of nitriles is 1. The Morgan fingerprint density at radius 2 is 2.12 bits per heavy atom. The first-order valence-corrected chi connectivity index (χ1v) is 5.70. The molecule has 0 aliphatic heterocycles. The molecule has 3 nitrogen and oxygen atoms in total. The van der Waals surface area contributed by atoms with Crippen molar-refractivity contribution in [1.82, 2.24) is 4.98 Å². The standard InChI is InChI=1S/C11H7ClN2OS/c12-8-1-3-9(4-2-8)15-7-11-14-6-10(5-13)16-11/h1-4,6H,7H2. The number of halogens is 1. The lowest BCUT2D eigenvalue weighted by molar-refractivity contribution is 0.305. The molecule has 0 bridgehead atoms. The highest BCUT2D eigenvalue weighted by atomic mass is 35.5. The smallest absolute Gasteiger partial charge is 0.140 e. The minimum Gasteiger partial charge on any atom is -0.486 e. The van der Waals surface area contributed by atoms with Gasteiger partial charge in [-0.25, -0.2) is 4.98 Å². The molecule has 16 heavy (non-hydrogen) atoms. The van der Waals surface area contributed by atoms with Gasteiger partial charge >= 0.3 is 0 Å². The monoisotopic (exact) mass is 250 g/mol.